The Morgan fingerprint density at radius 2 is 1.95 bits per heavy atom. The minimum atomic E-state index is -0.383. The Morgan fingerprint density at radius 1 is 1.18 bits per heavy atom. The van der Waals surface area contributed by atoms with Gasteiger partial charge in [-0.25, -0.2) is 4.98 Å². The van der Waals surface area contributed by atoms with E-state index in [1.165, 1.54) is 10.6 Å². The Labute approximate surface area is 226 Å². The number of pyridine rings is 3. The van der Waals surface area contributed by atoms with E-state index in [1.807, 2.05) is 69.3 Å². The van der Waals surface area contributed by atoms with Crippen molar-refractivity contribution >= 4 is 28.2 Å². The monoisotopic (exact) mass is 525 g/mol. The molecule has 0 saturated carbocycles. The highest BCUT2D eigenvalue weighted by molar-refractivity contribution is 6.31. The predicted molar refractivity (Wildman–Crippen MR) is 151 cm³/mol. The van der Waals surface area contributed by atoms with Crippen LogP contribution >= 0.6 is 11.6 Å². The molecule has 0 aliphatic rings. The molecular formula is C30H28ClN5O2. The first kappa shape index (κ1) is 26.6. The van der Waals surface area contributed by atoms with E-state index in [4.69, 9.17) is 21.3 Å². The number of rotatable bonds is 8. The number of allylic oxidation sites excluding steroid dienone is 2. The second-order valence-electron chi connectivity index (χ2n) is 9.07. The highest BCUT2D eigenvalue weighted by Gasteiger charge is 2.17. The van der Waals surface area contributed by atoms with Crippen molar-refractivity contribution in [2.75, 3.05) is 14.1 Å². The minimum absolute atomic E-state index is 0.0691. The van der Waals surface area contributed by atoms with Gasteiger partial charge in [-0.1, -0.05) is 36.4 Å². The predicted octanol–water partition coefficient (Wildman–Crippen LogP) is 5.65. The van der Waals surface area contributed by atoms with Crippen LogP contribution in [0, 0.1) is 25.2 Å². The first-order valence-corrected chi connectivity index (χ1v) is 12.4. The molecule has 0 radical (unpaired) electrons. The van der Waals surface area contributed by atoms with E-state index in [0.29, 0.717) is 22.0 Å². The van der Waals surface area contributed by atoms with Crippen LogP contribution in [0.3, 0.4) is 0 Å². The Hall–Kier alpha value is -4.41. The molecule has 7 nitrogen and oxygen atoms in total. The summed E-state index contributed by atoms with van der Waals surface area (Å²) in [5, 5.41) is 10.7. The maximum atomic E-state index is 12.7. The highest BCUT2D eigenvalue weighted by Crippen LogP contribution is 2.33. The number of nitriles is 1. The number of fused-ring (bicyclic) bond motifs is 1. The summed E-state index contributed by atoms with van der Waals surface area (Å²) >= 11 is 6.65. The van der Waals surface area contributed by atoms with Gasteiger partial charge in [0, 0.05) is 53.9 Å². The first-order valence-electron chi connectivity index (χ1n) is 12.0. The van der Waals surface area contributed by atoms with Crippen LogP contribution in [-0.4, -0.2) is 33.5 Å². The number of para-hydroxylation sites is 1. The molecule has 3 heterocycles. The Morgan fingerprint density at radius 3 is 2.66 bits per heavy atom. The summed E-state index contributed by atoms with van der Waals surface area (Å²) in [6.45, 7) is 7.93. The van der Waals surface area contributed by atoms with Crippen molar-refractivity contribution in [2.24, 2.45) is 0 Å². The third-order valence-corrected chi connectivity index (χ3v) is 6.42. The van der Waals surface area contributed by atoms with Crippen LogP contribution in [0.4, 0.5) is 0 Å². The summed E-state index contributed by atoms with van der Waals surface area (Å²) in [5.74, 6) is 0.607. The summed E-state index contributed by atoms with van der Waals surface area (Å²) < 4.78 is 7.76. The molecule has 0 aliphatic carbocycles. The smallest absolute Gasteiger partial charge is 0.268 e. The molecule has 0 unspecified atom stereocenters. The molecule has 1 aromatic carbocycles. The van der Waals surface area contributed by atoms with Crippen molar-refractivity contribution in [1.82, 2.24) is 19.4 Å². The molecule has 38 heavy (non-hydrogen) atoms. The summed E-state index contributed by atoms with van der Waals surface area (Å²) in [7, 11) is 3.98. The molecule has 4 rings (SSSR count). The number of nitrogens with zero attached hydrogens (tertiary/aromatic N) is 5. The molecule has 4 aromatic rings. The largest absolute Gasteiger partial charge is 0.486 e. The van der Waals surface area contributed by atoms with E-state index in [1.54, 1.807) is 24.4 Å². The average Bonchev–Trinajstić information content (AvgIpc) is 2.87. The second-order valence-corrected chi connectivity index (χ2v) is 9.48. The fourth-order valence-electron chi connectivity index (χ4n) is 4.33. The van der Waals surface area contributed by atoms with Gasteiger partial charge in [0.2, 0.25) is 0 Å². The van der Waals surface area contributed by atoms with Crippen molar-refractivity contribution in [2.45, 2.75) is 27.0 Å². The molecule has 0 saturated heterocycles. The fourth-order valence-corrected chi connectivity index (χ4v) is 4.65. The fraction of sp³-hybridized carbons (Fsp3) is 0.200. The van der Waals surface area contributed by atoms with Crippen LogP contribution in [-0.2, 0) is 13.2 Å². The quantitative estimate of drug-likeness (QED) is 0.276. The normalized spacial score (nSPS) is 11.3. The number of aryl methyl sites for hydroxylation is 2. The number of ether oxygens (including phenoxy) is 1. The number of hydrogen-bond donors (Lipinski definition) is 0. The van der Waals surface area contributed by atoms with Crippen LogP contribution in [0.25, 0.3) is 16.6 Å². The third-order valence-electron chi connectivity index (χ3n) is 6.08. The highest BCUT2D eigenvalue weighted by atomic mass is 35.5. The van der Waals surface area contributed by atoms with Crippen molar-refractivity contribution in [1.29, 1.82) is 5.26 Å². The van der Waals surface area contributed by atoms with Gasteiger partial charge >= 0.3 is 0 Å². The summed E-state index contributed by atoms with van der Waals surface area (Å²) in [6, 6.07) is 14.7. The Bertz CT molecular complexity index is 1660. The second kappa shape index (κ2) is 11.3. The lowest BCUT2D eigenvalue weighted by Crippen LogP contribution is -2.23. The van der Waals surface area contributed by atoms with Gasteiger partial charge in [-0.15, -0.1) is 0 Å². The van der Waals surface area contributed by atoms with Gasteiger partial charge < -0.3 is 14.2 Å². The molecular weight excluding hydrogens is 498 g/mol. The standard InChI is InChI=1S/C30H28ClN5O2/c1-6-9-27(35(4)5)23-14-19(2)34-29-22(23)11-7-12-28(29)38-18-24-25(31)15-20(3)33-26(24)17-36-13-8-10-21(16-32)30(36)37/h6-15H,1,17-18H2,2-5H3/b27-9-. The summed E-state index contributed by atoms with van der Waals surface area (Å²) in [5.41, 5.74) is 5.28. The number of hydrogen-bond acceptors (Lipinski definition) is 6. The number of benzene rings is 1. The lowest BCUT2D eigenvalue weighted by Gasteiger charge is -2.20. The van der Waals surface area contributed by atoms with Crippen molar-refractivity contribution in [3.63, 3.8) is 0 Å². The van der Waals surface area contributed by atoms with Gasteiger partial charge in [0.25, 0.3) is 5.56 Å². The summed E-state index contributed by atoms with van der Waals surface area (Å²) in [4.78, 5) is 24.1. The SMILES string of the molecule is C=C/C=C(/c1cc(C)nc2c(OCc3c(Cl)cc(C)nc3Cn3cccc(C#N)c3=O)cccc12)N(C)C. The van der Waals surface area contributed by atoms with Gasteiger partial charge in [-0.3, -0.25) is 9.78 Å². The zero-order valence-electron chi connectivity index (χ0n) is 21.8. The van der Waals surface area contributed by atoms with Gasteiger partial charge in [-0.05, 0) is 50.3 Å². The Balaban J connectivity index is 1.75. The number of aromatic nitrogens is 3. The molecule has 3 aromatic heterocycles. The third kappa shape index (κ3) is 5.46. The van der Waals surface area contributed by atoms with E-state index in [-0.39, 0.29) is 24.3 Å². The maximum Gasteiger partial charge on any atom is 0.268 e. The van der Waals surface area contributed by atoms with Gasteiger partial charge in [0.05, 0.1) is 17.3 Å². The molecule has 0 atom stereocenters. The van der Waals surface area contributed by atoms with Gasteiger partial charge in [-0.2, -0.15) is 5.26 Å². The molecule has 0 fully saturated rings. The van der Waals surface area contributed by atoms with Crippen molar-refractivity contribution < 1.29 is 4.74 Å². The lowest BCUT2D eigenvalue weighted by atomic mass is 10.0. The minimum Gasteiger partial charge on any atom is -0.486 e. The maximum absolute atomic E-state index is 12.7. The molecule has 0 amide bonds. The van der Waals surface area contributed by atoms with Crippen LogP contribution in [0.15, 0.2) is 72.2 Å². The lowest BCUT2D eigenvalue weighted by molar-refractivity contribution is 0.307. The molecule has 0 N–H and O–H groups in total. The first-order chi connectivity index (χ1) is 18.2. The van der Waals surface area contributed by atoms with E-state index in [0.717, 1.165) is 33.6 Å². The van der Waals surface area contributed by atoms with Crippen molar-refractivity contribution in [3.8, 4) is 11.8 Å². The Kier molecular flexibility index (Phi) is 7.94. The molecule has 0 spiro atoms. The van der Waals surface area contributed by atoms with E-state index in [9.17, 15) is 10.1 Å². The number of halogens is 1. The zero-order valence-corrected chi connectivity index (χ0v) is 22.6. The van der Waals surface area contributed by atoms with E-state index < -0.39 is 0 Å². The molecule has 8 heteroatoms. The van der Waals surface area contributed by atoms with Crippen LogP contribution in [0.5, 0.6) is 5.75 Å². The van der Waals surface area contributed by atoms with E-state index in [2.05, 4.69) is 11.6 Å². The zero-order chi connectivity index (χ0) is 27.4. The van der Waals surface area contributed by atoms with Crippen LogP contribution < -0.4 is 10.3 Å². The summed E-state index contributed by atoms with van der Waals surface area (Å²) in [6.07, 6.45) is 5.36. The van der Waals surface area contributed by atoms with Gasteiger partial charge in [0.15, 0.2) is 0 Å². The van der Waals surface area contributed by atoms with Crippen LogP contribution in [0.1, 0.15) is 33.8 Å². The molecule has 0 bridgehead atoms. The van der Waals surface area contributed by atoms with E-state index >= 15 is 0 Å². The average molecular weight is 526 g/mol. The molecule has 192 valence electrons. The van der Waals surface area contributed by atoms with Crippen molar-refractivity contribution in [3.05, 3.63) is 117 Å². The molecule has 0 aliphatic heterocycles. The van der Waals surface area contributed by atoms with Gasteiger partial charge in [0.1, 0.15) is 29.5 Å². The topological polar surface area (TPSA) is 84.0 Å². The van der Waals surface area contributed by atoms with Crippen LogP contribution in [0.2, 0.25) is 5.02 Å².